The Kier molecular flexibility index (Phi) is 17.7. The third-order valence-corrected chi connectivity index (χ3v) is 6.31. The number of hydrogen-bond donors (Lipinski definition) is 1. The van der Waals surface area contributed by atoms with E-state index in [2.05, 4.69) is 39.8 Å². The van der Waals surface area contributed by atoms with E-state index in [-0.39, 0.29) is 5.91 Å². The zero-order valence-electron chi connectivity index (χ0n) is 19.7. The summed E-state index contributed by atoms with van der Waals surface area (Å²) in [6.45, 7) is 10.0. The van der Waals surface area contributed by atoms with Crippen LogP contribution in [0.25, 0.3) is 0 Å². The van der Waals surface area contributed by atoms with Gasteiger partial charge in [-0.3, -0.25) is 4.79 Å². The molecule has 0 aromatic carbocycles. The fourth-order valence-corrected chi connectivity index (χ4v) is 3.80. The van der Waals surface area contributed by atoms with Gasteiger partial charge in [0.05, 0.1) is 26.7 Å². The molecule has 0 spiro atoms. The van der Waals surface area contributed by atoms with Crippen LogP contribution in [0, 0.1) is 0 Å². The standard InChI is InChI=1S/C25H50N2O/c1-6-8-9-10-11-12-13-14-15-16-17-18-19-21-24(3)27(4,5)23-20-22-26-25(28)7-2/h7,24H,2,6,8-23H2,1,3-5H3/p+1. The van der Waals surface area contributed by atoms with E-state index in [0.717, 1.165) is 24.0 Å². The second kappa shape index (κ2) is 18.2. The topological polar surface area (TPSA) is 29.1 Å². The van der Waals surface area contributed by atoms with Crippen LogP contribution in [0.4, 0.5) is 0 Å². The van der Waals surface area contributed by atoms with Crippen molar-refractivity contribution in [2.24, 2.45) is 0 Å². The largest absolute Gasteiger partial charge is 0.352 e. The molecule has 1 amide bonds. The van der Waals surface area contributed by atoms with E-state index in [1.807, 2.05) is 0 Å². The Balaban J connectivity index is 3.50. The van der Waals surface area contributed by atoms with Crippen LogP contribution < -0.4 is 5.32 Å². The molecule has 28 heavy (non-hydrogen) atoms. The summed E-state index contributed by atoms with van der Waals surface area (Å²) in [5.74, 6) is -0.0645. The molecule has 0 aliphatic carbocycles. The minimum atomic E-state index is -0.0645. The van der Waals surface area contributed by atoms with Crippen molar-refractivity contribution in [1.29, 1.82) is 0 Å². The Morgan fingerprint density at radius 3 is 1.79 bits per heavy atom. The quantitative estimate of drug-likeness (QED) is 0.140. The molecule has 0 heterocycles. The highest BCUT2D eigenvalue weighted by Crippen LogP contribution is 2.17. The van der Waals surface area contributed by atoms with Gasteiger partial charge in [0.2, 0.25) is 5.91 Å². The van der Waals surface area contributed by atoms with Crippen LogP contribution in [0.15, 0.2) is 12.7 Å². The van der Waals surface area contributed by atoms with Gasteiger partial charge >= 0.3 is 0 Å². The Hall–Kier alpha value is -0.830. The number of carbonyl (C=O) groups is 1. The highest BCUT2D eigenvalue weighted by atomic mass is 16.1. The van der Waals surface area contributed by atoms with Crippen molar-refractivity contribution in [2.75, 3.05) is 27.2 Å². The lowest BCUT2D eigenvalue weighted by Crippen LogP contribution is -2.48. The number of quaternary nitrogens is 1. The summed E-state index contributed by atoms with van der Waals surface area (Å²) in [5.41, 5.74) is 0. The first-order valence-corrected chi connectivity index (χ1v) is 12.2. The van der Waals surface area contributed by atoms with Gasteiger partial charge in [-0.15, -0.1) is 0 Å². The van der Waals surface area contributed by atoms with Crippen LogP contribution in [0.2, 0.25) is 0 Å². The van der Waals surface area contributed by atoms with Crippen LogP contribution >= 0.6 is 0 Å². The van der Waals surface area contributed by atoms with Crippen LogP contribution in [-0.4, -0.2) is 43.6 Å². The van der Waals surface area contributed by atoms with Gasteiger partial charge in [0.25, 0.3) is 0 Å². The summed E-state index contributed by atoms with van der Waals surface area (Å²) in [5, 5.41) is 2.87. The molecule has 1 unspecified atom stereocenters. The van der Waals surface area contributed by atoms with Crippen LogP contribution in [-0.2, 0) is 4.79 Å². The van der Waals surface area contributed by atoms with E-state index in [9.17, 15) is 4.79 Å². The molecule has 0 saturated heterocycles. The highest BCUT2D eigenvalue weighted by Gasteiger charge is 2.22. The molecule has 0 saturated carbocycles. The average Bonchev–Trinajstić information content (AvgIpc) is 2.68. The normalized spacial score (nSPS) is 12.7. The fraction of sp³-hybridized carbons (Fsp3) is 0.880. The van der Waals surface area contributed by atoms with Crippen LogP contribution in [0.5, 0.6) is 0 Å². The highest BCUT2D eigenvalue weighted by molar-refractivity contribution is 5.86. The molecule has 0 aliphatic heterocycles. The van der Waals surface area contributed by atoms with Gasteiger partial charge in [0, 0.05) is 13.0 Å². The second-order valence-electron chi connectivity index (χ2n) is 9.23. The number of rotatable bonds is 20. The second-order valence-corrected chi connectivity index (χ2v) is 9.23. The maximum atomic E-state index is 11.2. The van der Waals surface area contributed by atoms with Crippen molar-refractivity contribution >= 4 is 5.91 Å². The first-order valence-electron chi connectivity index (χ1n) is 12.2. The average molecular weight is 396 g/mol. The number of nitrogens with one attached hydrogen (secondary N) is 1. The summed E-state index contributed by atoms with van der Waals surface area (Å²) in [7, 11) is 4.64. The predicted octanol–water partition coefficient (Wildman–Crippen LogP) is 6.62. The number of hydrogen-bond acceptors (Lipinski definition) is 1. The summed E-state index contributed by atoms with van der Waals surface area (Å²) < 4.78 is 1.04. The van der Waals surface area contributed by atoms with Crippen molar-refractivity contribution in [2.45, 2.75) is 116 Å². The molecule has 0 aromatic heterocycles. The zero-order valence-corrected chi connectivity index (χ0v) is 19.7. The summed E-state index contributed by atoms with van der Waals surface area (Å²) >= 11 is 0. The summed E-state index contributed by atoms with van der Waals surface area (Å²) in [4.78, 5) is 11.2. The SMILES string of the molecule is C=CC(=O)NCCC[N+](C)(C)C(C)CCCCCCCCCCCCCCC. The molecule has 0 rings (SSSR count). The van der Waals surface area contributed by atoms with E-state index in [1.165, 1.54) is 96.0 Å². The lowest BCUT2D eigenvalue weighted by atomic mass is 10.0. The molecule has 3 nitrogen and oxygen atoms in total. The molecule has 0 aromatic rings. The Bertz CT molecular complexity index is 379. The van der Waals surface area contributed by atoms with Crippen molar-refractivity contribution in [3.63, 3.8) is 0 Å². The summed E-state index contributed by atoms with van der Waals surface area (Å²) in [6, 6.07) is 0.683. The third kappa shape index (κ3) is 16.2. The van der Waals surface area contributed by atoms with E-state index in [1.54, 1.807) is 0 Å². The number of unbranched alkanes of at least 4 members (excludes halogenated alkanes) is 12. The molecule has 0 radical (unpaired) electrons. The Morgan fingerprint density at radius 1 is 0.857 bits per heavy atom. The van der Waals surface area contributed by atoms with E-state index < -0.39 is 0 Å². The van der Waals surface area contributed by atoms with Gasteiger partial charge in [0.15, 0.2) is 0 Å². The molecule has 1 N–H and O–H groups in total. The smallest absolute Gasteiger partial charge is 0.243 e. The van der Waals surface area contributed by atoms with Gasteiger partial charge in [-0.25, -0.2) is 0 Å². The molecule has 0 fully saturated rings. The molecular weight excluding hydrogens is 344 g/mol. The van der Waals surface area contributed by atoms with Gasteiger partial charge in [-0.1, -0.05) is 90.6 Å². The third-order valence-electron chi connectivity index (χ3n) is 6.31. The number of carbonyl (C=O) groups excluding carboxylic acids is 1. The molecule has 0 aliphatic rings. The van der Waals surface area contributed by atoms with Gasteiger partial charge in [-0.2, -0.15) is 0 Å². The monoisotopic (exact) mass is 395 g/mol. The first kappa shape index (κ1) is 27.2. The molecule has 1 atom stereocenters. The van der Waals surface area contributed by atoms with Crippen LogP contribution in [0.1, 0.15) is 110 Å². The van der Waals surface area contributed by atoms with Crippen molar-refractivity contribution in [3.8, 4) is 0 Å². The van der Waals surface area contributed by atoms with E-state index in [4.69, 9.17) is 0 Å². The Morgan fingerprint density at radius 2 is 1.32 bits per heavy atom. The lowest BCUT2D eigenvalue weighted by molar-refractivity contribution is -0.913. The first-order chi connectivity index (χ1) is 13.4. The maximum Gasteiger partial charge on any atom is 0.243 e. The minimum absolute atomic E-state index is 0.0645. The molecule has 0 bridgehead atoms. The van der Waals surface area contributed by atoms with Crippen molar-refractivity contribution in [1.82, 2.24) is 5.32 Å². The van der Waals surface area contributed by atoms with E-state index in [0.29, 0.717) is 6.04 Å². The van der Waals surface area contributed by atoms with Crippen LogP contribution in [0.3, 0.4) is 0 Å². The Labute approximate surface area is 176 Å². The predicted molar refractivity (Wildman–Crippen MR) is 125 cm³/mol. The lowest BCUT2D eigenvalue weighted by Gasteiger charge is -2.36. The zero-order chi connectivity index (χ0) is 21.1. The van der Waals surface area contributed by atoms with E-state index >= 15 is 0 Å². The minimum Gasteiger partial charge on any atom is -0.352 e. The maximum absolute atomic E-state index is 11.2. The number of nitrogens with zero attached hydrogens (tertiary/aromatic N) is 1. The molecule has 166 valence electrons. The van der Waals surface area contributed by atoms with Gasteiger partial charge in [-0.05, 0) is 25.8 Å². The fourth-order valence-electron chi connectivity index (χ4n) is 3.80. The van der Waals surface area contributed by atoms with Gasteiger partial charge in [0.1, 0.15) is 0 Å². The van der Waals surface area contributed by atoms with Crippen molar-refractivity contribution in [3.05, 3.63) is 12.7 Å². The number of amides is 1. The molecule has 3 heteroatoms. The summed E-state index contributed by atoms with van der Waals surface area (Å²) in [6.07, 6.45) is 22.1. The van der Waals surface area contributed by atoms with Crippen molar-refractivity contribution < 1.29 is 9.28 Å². The molecular formula is C25H51N2O+. The van der Waals surface area contributed by atoms with Gasteiger partial charge < -0.3 is 9.80 Å².